The first kappa shape index (κ1) is 17.7. The topological polar surface area (TPSA) is 64.4 Å². The van der Waals surface area contributed by atoms with Crippen molar-refractivity contribution in [2.45, 2.75) is 51.0 Å². The highest BCUT2D eigenvalue weighted by molar-refractivity contribution is 5.92. The van der Waals surface area contributed by atoms with Gasteiger partial charge in [-0.1, -0.05) is 30.3 Å². The van der Waals surface area contributed by atoms with Gasteiger partial charge in [-0.05, 0) is 45.6 Å². The van der Waals surface area contributed by atoms with E-state index in [2.05, 4.69) is 48.4 Å². The lowest BCUT2D eigenvalue weighted by Crippen LogP contribution is -2.45. The molecule has 0 radical (unpaired) electrons. The van der Waals surface area contributed by atoms with Crippen LogP contribution in [0.2, 0.25) is 0 Å². The number of carbonyl (C=O) groups excluding carboxylic acids is 1. The molecule has 1 aliphatic rings. The molecule has 0 unspecified atom stereocenters. The van der Waals surface area contributed by atoms with E-state index in [9.17, 15) is 4.79 Å². The van der Waals surface area contributed by atoms with Crippen LogP contribution in [0.4, 0.5) is 0 Å². The Labute approximate surface area is 148 Å². The molecule has 1 fully saturated rings. The third-order valence-corrected chi connectivity index (χ3v) is 5.07. The highest BCUT2D eigenvalue weighted by Crippen LogP contribution is 2.43. The van der Waals surface area contributed by atoms with E-state index in [0.717, 1.165) is 25.9 Å². The molecule has 1 aromatic heterocycles. The highest BCUT2D eigenvalue weighted by Gasteiger charge is 2.41. The fraction of sp³-hybridized carbons (Fsp3) is 0.500. The van der Waals surface area contributed by atoms with Crippen LogP contribution in [-0.2, 0) is 10.2 Å². The van der Waals surface area contributed by atoms with Crippen molar-refractivity contribution in [3.05, 3.63) is 53.7 Å². The van der Waals surface area contributed by atoms with Gasteiger partial charge < -0.3 is 14.5 Å². The summed E-state index contributed by atoms with van der Waals surface area (Å²) in [6.07, 6.45) is 4.06. The molecule has 134 valence electrons. The number of hydrogen-bond acceptors (Lipinski definition) is 4. The van der Waals surface area contributed by atoms with E-state index >= 15 is 0 Å². The van der Waals surface area contributed by atoms with E-state index in [-0.39, 0.29) is 16.9 Å². The number of benzene rings is 1. The van der Waals surface area contributed by atoms with Gasteiger partial charge in [-0.2, -0.15) is 0 Å². The SMILES string of the molecule is Cc1ocnc1C(=O)NCC[C@]1(c2ccccc2)CCOC(C)(C)C1. The molecule has 1 atom stereocenters. The number of nitrogens with one attached hydrogen (secondary N) is 1. The first-order valence-corrected chi connectivity index (χ1v) is 8.80. The molecule has 25 heavy (non-hydrogen) atoms. The summed E-state index contributed by atoms with van der Waals surface area (Å²) in [5, 5.41) is 2.99. The standard InChI is InChI=1S/C20H26N2O3/c1-15-17(22-14-24-15)18(23)21-11-9-20(16-7-5-4-6-8-16)10-12-25-19(2,3)13-20/h4-8,14H,9-13H2,1-3H3,(H,21,23)/t20-/m0/s1. The molecule has 1 N–H and O–H groups in total. The van der Waals surface area contributed by atoms with Crippen LogP contribution in [0.15, 0.2) is 41.1 Å². The normalized spacial score (nSPS) is 22.5. The molecule has 3 rings (SSSR count). The van der Waals surface area contributed by atoms with Crippen LogP contribution in [0.5, 0.6) is 0 Å². The van der Waals surface area contributed by atoms with Crippen LogP contribution < -0.4 is 5.32 Å². The quantitative estimate of drug-likeness (QED) is 0.901. The minimum Gasteiger partial charge on any atom is -0.448 e. The van der Waals surface area contributed by atoms with Crippen molar-refractivity contribution in [2.75, 3.05) is 13.2 Å². The van der Waals surface area contributed by atoms with Crippen molar-refractivity contribution in [1.82, 2.24) is 10.3 Å². The number of amides is 1. The average molecular weight is 342 g/mol. The average Bonchev–Trinajstić information content (AvgIpc) is 3.01. The van der Waals surface area contributed by atoms with Gasteiger partial charge in [-0.15, -0.1) is 0 Å². The summed E-state index contributed by atoms with van der Waals surface area (Å²) in [4.78, 5) is 16.3. The van der Waals surface area contributed by atoms with Crippen molar-refractivity contribution in [3.63, 3.8) is 0 Å². The predicted molar refractivity (Wildman–Crippen MR) is 95.6 cm³/mol. The van der Waals surface area contributed by atoms with Crippen molar-refractivity contribution in [3.8, 4) is 0 Å². The predicted octanol–water partition coefficient (Wildman–Crippen LogP) is 3.63. The number of carbonyl (C=O) groups is 1. The third kappa shape index (κ3) is 3.93. The maximum atomic E-state index is 12.3. The minimum atomic E-state index is -0.180. The van der Waals surface area contributed by atoms with E-state index in [0.29, 0.717) is 18.0 Å². The summed E-state index contributed by atoms with van der Waals surface area (Å²) in [5.74, 6) is 0.364. The van der Waals surface area contributed by atoms with Gasteiger partial charge in [-0.25, -0.2) is 4.98 Å². The van der Waals surface area contributed by atoms with Crippen molar-refractivity contribution in [2.24, 2.45) is 0 Å². The third-order valence-electron chi connectivity index (χ3n) is 5.07. The molecule has 0 saturated carbocycles. The molecular formula is C20H26N2O3. The summed E-state index contributed by atoms with van der Waals surface area (Å²) in [6, 6.07) is 10.6. The Morgan fingerprint density at radius 3 is 2.68 bits per heavy atom. The summed E-state index contributed by atoms with van der Waals surface area (Å²) < 4.78 is 11.0. The molecule has 1 amide bonds. The van der Waals surface area contributed by atoms with Gasteiger partial charge in [0.1, 0.15) is 5.76 Å². The molecular weight excluding hydrogens is 316 g/mol. The first-order valence-electron chi connectivity index (χ1n) is 8.80. The Morgan fingerprint density at radius 2 is 2.04 bits per heavy atom. The highest BCUT2D eigenvalue weighted by atomic mass is 16.5. The molecule has 2 heterocycles. The fourth-order valence-corrected chi connectivity index (χ4v) is 3.90. The number of aryl methyl sites for hydroxylation is 1. The fourth-order valence-electron chi connectivity index (χ4n) is 3.90. The van der Waals surface area contributed by atoms with E-state index < -0.39 is 0 Å². The summed E-state index contributed by atoms with van der Waals surface area (Å²) >= 11 is 0. The van der Waals surface area contributed by atoms with Crippen LogP contribution in [0, 0.1) is 6.92 Å². The Balaban J connectivity index is 1.73. The smallest absolute Gasteiger partial charge is 0.273 e. The zero-order valence-corrected chi connectivity index (χ0v) is 15.2. The molecule has 0 bridgehead atoms. The van der Waals surface area contributed by atoms with Gasteiger partial charge in [0.2, 0.25) is 0 Å². The van der Waals surface area contributed by atoms with Crippen LogP contribution in [0.3, 0.4) is 0 Å². The molecule has 5 heteroatoms. The second-order valence-electron chi connectivity index (χ2n) is 7.44. The first-order chi connectivity index (χ1) is 11.9. The van der Waals surface area contributed by atoms with Gasteiger partial charge in [0.05, 0.1) is 5.60 Å². The van der Waals surface area contributed by atoms with Crippen molar-refractivity contribution in [1.29, 1.82) is 0 Å². The van der Waals surface area contributed by atoms with Crippen LogP contribution >= 0.6 is 0 Å². The number of hydrogen-bond donors (Lipinski definition) is 1. The lowest BCUT2D eigenvalue weighted by atomic mass is 9.67. The van der Waals surface area contributed by atoms with E-state index in [4.69, 9.17) is 9.15 Å². The number of ether oxygens (including phenoxy) is 1. The van der Waals surface area contributed by atoms with Gasteiger partial charge in [0.15, 0.2) is 12.1 Å². The Hall–Kier alpha value is -2.14. The van der Waals surface area contributed by atoms with Gasteiger partial charge in [-0.3, -0.25) is 4.79 Å². The van der Waals surface area contributed by atoms with Crippen LogP contribution in [-0.4, -0.2) is 29.6 Å². The maximum Gasteiger partial charge on any atom is 0.273 e. The van der Waals surface area contributed by atoms with Crippen molar-refractivity contribution < 1.29 is 13.9 Å². The number of rotatable bonds is 5. The number of oxazole rings is 1. The number of aromatic nitrogens is 1. The lowest BCUT2D eigenvalue weighted by molar-refractivity contribution is -0.0838. The van der Waals surface area contributed by atoms with Crippen LogP contribution in [0.25, 0.3) is 0 Å². The van der Waals surface area contributed by atoms with E-state index in [1.54, 1.807) is 6.92 Å². The van der Waals surface area contributed by atoms with Crippen LogP contribution in [0.1, 0.15) is 54.9 Å². The second kappa shape index (κ2) is 7.00. The molecule has 1 aromatic carbocycles. The number of nitrogens with zero attached hydrogens (tertiary/aromatic N) is 1. The molecule has 5 nitrogen and oxygen atoms in total. The molecule has 2 aromatic rings. The molecule has 0 aliphatic carbocycles. The van der Waals surface area contributed by atoms with E-state index in [1.165, 1.54) is 12.0 Å². The Morgan fingerprint density at radius 1 is 1.28 bits per heavy atom. The van der Waals surface area contributed by atoms with Gasteiger partial charge >= 0.3 is 0 Å². The summed E-state index contributed by atoms with van der Waals surface area (Å²) in [5.41, 5.74) is 1.52. The zero-order chi connectivity index (χ0) is 17.9. The molecule has 1 aliphatic heterocycles. The largest absolute Gasteiger partial charge is 0.448 e. The molecule has 1 saturated heterocycles. The monoisotopic (exact) mass is 342 g/mol. The second-order valence-corrected chi connectivity index (χ2v) is 7.44. The van der Waals surface area contributed by atoms with Gasteiger partial charge in [0, 0.05) is 18.6 Å². The summed E-state index contributed by atoms with van der Waals surface area (Å²) in [6.45, 7) is 7.35. The van der Waals surface area contributed by atoms with Gasteiger partial charge in [0.25, 0.3) is 5.91 Å². The van der Waals surface area contributed by atoms with E-state index in [1.807, 2.05) is 6.07 Å². The lowest BCUT2D eigenvalue weighted by Gasteiger charge is -2.45. The maximum absolute atomic E-state index is 12.3. The Kier molecular flexibility index (Phi) is 4.95. The zero-order valence-electron chi connectivity index (χ0n) is 15.2. The van der Waals surface area contributed by atoms with Crippen molar-refractivity contribution >= 4 is 5.91 Å². The molecule has 0 spiro atoms. The Bertz CT molecular complexity index is 724. The minimum absolute atomic E-state index is 0.00909. The summed E-state index contributed by atoms with van der Waals surface area (Å²) in [7, 11) is 0.